The Bertz CT molecular complexity index is 1040. The fourth-order valence-corrected chi connectivity index (χ4v) is 4.20. The number of likely N-dealkylation sites (tertiary alicyclic amines) is 1. The van der Waals surface area contributed by atoms with Gasteiger partial charge >= 0.3 is 0 Å². The zero-order valence-electron chi connectivity index (χ0n) is 14.9. The van der Waals surface area contributed by atoms with E-state index in [0.717, 1.165) is 10.9 Å². The van der Waals surface area contributed by atoms with Crippen LogP contribution >= 0.6 is 0 Å². The van der Waals surface area contributed by atoms with E-state index in [1.54, 1.807) is 0 Å². The van der Waals surface area contributed by atoms with Crippen LogP contribution in [0.2, 0.25) is 0 Å². The monoisotopic (exact) mass is 360 g/mol. The van der Waals surface area contributed by atoms with Gasteiger partial charge in [-0.3, -0.25) is 9.59 Å². The number of carbonyl (C=O) groups excluding carboxylic acids is 2. The number of carbonyl (C=O) groups is 2. The number of benzene rings is 2. The Balaban J connectivity index is 1.33. The van der Waals surface area contributed by atoms with Crippen molar-refractivity contribution in [2.24, 2.45) is 0 Å². The maximum atomic E-state index is 12.9. The molecule has 5 rings (SSSR count). The minimum Gasteiger partial charge on any atom is -0.486 e. The number of ketones is 1. The summed E-state index contributed by atoms with van der Waals surface area (Å²) in [7, 11) is 0. The summed E-state index contributed by atoms with van der Waals surface area (Å²) in [6.07, 6.45) is 3.60. The summed E-state index contributed by atoms with van der Waals surface area (Å²) in [6, 6.07) is 15.2. The number of nitrogens with zero attached hydrogens (tertiary/aromatic N) is 1. The minimum atomic E-state index is -0.481. The average Bonchev–Trinajstić information content (AvgIpc) is 3.16. The molecule has 1 amide bonds. The van der Waals surface area contributed by atoms with Crippen molar-refractivity contribution < 1.29 is 14.3 Å². The van der Waals surface area contributed by atoms with Crippen molar-refractivity contribution in [2.45, 2.75) is 24.9 Å². The van der Waals surface area contributed by atoms with Crippen LogP contribution in [0.25, 0.3) is 10.9 Å². The standard InChI is InChI=1S/C22H20N2O3/c25-19-14-22(27-20-4-2-1-3-17(19)20)8-11-24(12-9-22)21(26)16-6-5-15-7-10-23-18(15)13-16/h1-7,10,13,23H,8-9,11-12,14H2. The molecule has 1 spiro atoms. The number of hydrogen-bond acceptors (Lipinski definition) is 3. The van der Waals surface area contributed by atoms with Crippen LogP contribution in [-0.4, -0.2) is 40.3 Å². The Morgan fingerprint density at radius 1 is 1.07 bits per heavy atom. The number of piperidine rings is 1. The van der Waals surface area contributed by atoms with E-state index in [-0.39, 0.29) is 11.7 Å². The second kappa shape index (κ2) is 5.98. The number of aromatic amines is 1. The van der Waals surface area contributed by atoms with Gasteiger partial charge in [0.25, 0.3) is 5.91 Å². The molecule has 5 heteroatoms. The predicted molar refractivity (Wildman–Crippen MR) is 102 cm³/mol. The highest BCUT2D eigenvalue weighted by Gasteiger charge is 2.43. The first-order valence-corrected chi connectivity index (χ1v) is 9.31. The van der Waals surface area contributed by atoms with E-state index in [4.69, 9.17) is 4.74 Å². The van der Waals surface area contributed by atoms with Gasteiger partial charge in [0.1, 0.15) is 11.4 Å². The maximum Gasteiger partial charge on any atom is 0.253 e. The normalized spacial score (nSPS) is 18.4. The first kappa shape index (κ1) is 16.1. The fourth-order valence-electron chi connectivity index (χ4n) is 4.20. The lowest BCUT2D eigenvalue weighted by Gasteiger charge is -2.44. The molecule has 1 aromatic heterocycles. The smallest absolute Gasteiger partial charge is 0.253 e. The highest BCUT2D eigenvalue weighted by molar-refractivity contribution is 6.00. The molecule has 2 aliphatic heterocycles. The van der Waals surface area contributed by atoms with E-state index in [9.17, 15) is 9.59 Å². The maximum absolute atomic E-state index is 12.9. The van der Waals surface area contributed by atoms with Crippen molar-refractivity contribution >= 4 is 22.6 Å². The van der Waals surface area contributed by atoms with Crippen molar-refractivity contribution in [1.29, 1.82) is 0 Å². The molecule has 1 fully saturated rings. The van der Waals surface area contributed by atoms with Crippen molar-refractivity contribution in [2.75, 3.05) is 13.1 Å². The van der Waals surface area contributed by atoms with Gasteiger partial charge in [-0.1, -0.05) is 18.2 Å². The number of fused-ring (bicyclic) bond motifs is 2. The summed E-state index contributed by atoms with van der Waals surface area (Å²) in [5.41, 5.74) is 1.84. The summed E-state index contributed by atoms with van der Waals surface area (Å²) in [5.74, 6) is 0.837. The van der Waals surface area contributed by atoms with E-state index >= 15 is 0 Å². The van der Waals surface area contributed by atoms with Crippen LogP contribution < -0.4 is 4.74 Å². The number of hydrogen-bond donors (Lipinski definition) is 1. The first-order valence-electron chi connectivity index (χ1n) is 9.31. The van der Waals surface area contributed by atoms with Crippen LogP contribution in [0.3, 0.4) is 0 Å². The Morgan fingerprint density at radius 3 is 2.74 bits per heavy atom. The molecule has 0 atom stereocenters. The first-order chi connectivity index (χ1) is 13.1. The van der Waals surface area contributed by atoms with Crippen LogP contribution in [0.4, 0.5) is 0 Å². The van der Waals surface area contributed by atoms with Gasteiger partial charge in [-0.15, -0.1) is 0 Å². The van der Waals surface area contributed by atoms with Crippen LogP contribution in [-0.2, 0) is 0 Å². The lowest BCUT2D eigenvalue weighted by molar-refractivity contribution is -0.00570. The second-order valence-corrected chi connectivity index (χ2v) is 7.45. The number of H-pyrrole nitrogens is 1. The van der Waals surface area contributed by atoms with Gasteiger partial charge in [-0.2, -0.15) is 0 Å². The molecule has 0 aliphatic carbocycles. The van der Waals surface area contributed by atoms with Crippen LogP contribution in [0.5, 0.6) is 5.75 Å². The molecule has 1 saturated heterocycles. The van der Waals surface area contributed by atoms with Gasteiger partial charge in [-0.25, -0.2) is 0 Å². The summed E-state index contributed by atoms with van der Waals surface area (Å²) >= 11 is 0. The molecule has 2 aliphatic rings. The number of rotatable bonds is 1. The quantitative estimate of drug-likeness (QED) is 0.718. The molecule has 3 aromatic rings. The zero-order valence-corrected chi connectivity index (χ0v) is 14.9. The topological polar surface area (TPSA) is 62.4 Å². The SMILES string of the molecule is O=C1CC2(CCN(C(=O)c3ccc4cc[nH]c4c3)CC2)Oc2ccccc21. The van der Waals surface area contributed by atoms with Crippen LogP contribution in [0.15, 0.2) is 54.7 Å². The van der Waals surface area contributed by atoms with Gasteiger partial charge in [-0.05, 0) is 35.7 Å². The molecule has 0 unspecified atom stereocenters. The Hall–Kier alpha value is -3.08. The van der Waals surface area contributed by atoms with E-state index < -0.39 is 5.60 Å². The molecule has 1 N–H and O–H groups in total. The summed E-state index contributed by atoms with van der Waals surface area (Å²) in [4.78, 5) is 30.4. The Labute approximate surface area is 156 Å². The van der Waals surface area contributed by atoms with Crippen molar-refractivity contribution in [1.82, 2.24) is 9.88 Å². The van der Waals surface area contributed by atoms with Gasteiger partial charge in [0.15, 0.2) is 5.78 Å². The molecule has 27 heavy (non-hydrogen) atoms. The average molecular weight is 360 g/mol. The van der Waals surface area contributed by atoms with Gasteiger partial charge in [0.05, 0.1) is 12.0 Å². The number of nitrogens with one attached hydrogen (secondary N) is 1. The molecule has 0 radical (unpaired) electrons. The van der Waals surface area contributed by atoms with Crippen molar-refractivity contribution in [3.63, 3.8) is 0 Å². The van der Waals surface area contributed by atoms with Crippen molar-refractivity contribution in [3.8, 4) is 5.75 Å². The minimum absolute atomic E-state index is 0.0314. The Kier molecular flexibility index (Phi) is 3.57. The Morgan fingerprint density at radius 2 is 1.89 bits per heavy atom. The number of ether oxygens (including phenoxy) is 1. The summed E-state index contributed by atoms with van der Waals surface area (Å²) < 4.78 is 6.25. The zero-order chi connectivity index (χ0) is 18.4. The molecular formula is C22H20N2O3. The molecule has 136 valence electrons. The fraction of sp³-hybridized carbons (Fsp3) is 0.273. The lowest BCUT2D eigenvalue weighted by atomic mass is 9.82. The third-order valence-electron chi connectivity index (χ3n) is 5.76. The number of aromatic nitrogens is 1. The molecular weight excluding hydrogens is 340 g/mol. The number of amides is 1. The van der Waals surface area contributed by atoms with E-state index in [1.165, 1.54) is 0 Å². The molecule has 3 heterocycles. The molecule has 0 bridgehead atoms. The predicted octanol–water partition coefficient (Wildman–Crippen LogP) is 3.81. The molecule has 2 aromatic carbocycles. The number of Topliss-reactive ketones (excluding diaryl/α,β-unsaturated/α-hetero) is 1. The lowest BCUT2D eigenvalue weighted by Crippen LogP contribution is -2.52. The van der Waals surface area contributed by atoms with Gasteiger partial charge < -0.3 is 14.6 Å². The third-order valence-corrected chi connectivity index (χ3v) is 5.76. The van der Waals surface area contributed by atoms with E-state index in [1.807, 2.05) is 59.6 Å². The van der Waals surface area contributed by atoms with E-state index in [2.05, 4.69) is 4.98 Å². The second-order valence-electron chi connectivity index (χ2n) is 7.45. The number of para-hydroxylation sites is 1. The highest BCUT2D eigenvalue weighted by atomic mass is 16.5. The van der Waals surface area contributed by atoms with Gasteiger partial charge in [0.2, 0.25) is 0 Å². The highest BCUT2D eigenvalue weighted by Crippen LogP contribution is 2.39. The van der Waals surface area contributed by atoms with Crippen molar-refractivity contribution in [3.05, 3.63) is 65.9 Å². The van der Waals surface area contributed by atoms with E-state index in [0.29, 0.717) is 49.2 Å². The third kappa shape index (κ3) is 2.70. The summed E-state index contributed by atoms with van der Waals surface area (Å²) in [6.45, 7) is 1.19. The van der Waals surface area contributed by atoms with Crippen LogP contribution in [0, 0.1) is 0 Å². The van der Waals surface area contributed by atoms with Crippen LogP contribution in [0.1, 0.15) is 40.0 Å². The largest absolute Gasteiger partial charge is 0.486 e. The molecule has 0 saturated carbocycles. The van der Waals surface area contributed by atoms with Gasteiger partial charge in [0, 0.05) is 43.2 Å². The molecule has 5 nitrogen and oxygen atoms in total. The summed E-state index contributed by atoms with van der Waals surface area (Å²) in [5, 5.41) is 1.09.